The predicted octanol–water partition coefficient (Wildman–Crippen LogP) is 4.17. The Morgan fingerprint density at radius 1 is 1.03 bits per heavy atom. The first-order chi connectivity index (χ1) is 16.0. The van der Waals surface area contributed by atoms with E-state index in [1.165, 1.54) is 30.6 Å². The molecule has 1 amide bonds. The fourth-order valence-corrected chi connectivity index (χ4v) is 3.68. The van der Waals surface area contributed by atoms with Gasteiger partial charge < -0.3 is 5.32 Å². The first-order valence-electron chi connectivity index (χ1n) is 10.3. The van der Waals surface area contributed by atoms with Crippen molar-refractivity contribution >= 4 is 45.1 Å². The van der Waals surface area contributed by atoms with Gasteiger partial charge in [0.25, 0.3) is 15.9 Å². The minimum Gasteiger partial charge on any atom is -0.311 e. The molecule has 0 bridgehead atoms. The van der Waals surface area contributed by atoms with Crippen LogP contribution in [0.1, 0.15) is 31.1 Å². The SMILES string of the molecule is CC(C)(C)CN=C(NC(=O)c1ccc(Cl)cc1)Nc1cccc(NS(=O)(=O)c2cccnc2)n1. The van der Waals surface area contributed by atoms with Gasteiger partial charge in [0.15, 0.2) is 0 Å². The Morgan fingerprint density at radius 3 is 2.38 bits per heavy atom. The van der Waals surface area contributed by atoms with Crippen molar-refractivity contribution in [2.24, 2.45) is 10.4 Å². The van der Waals surface area contributed by atoms with Crippen LogP contribution in [0.25, 0.3) is 0 Å². The van der Waals surface area contributed by atoms with Gasteiger partial charge in [-0.1, -0.05) is 38.4 Å². The minimum absolute atomic E-state index is 0.0119. The zero-order chi connectivity index (χ0) is 24.8. The van der Waals surface area contributed by atoms with Crippen LogP contribution in [0.15, 0.2) is 76.9 Å². The molecular formula is C23H25ClN6O3S. The van der Waals surface area contributed by atoms with E-state index in [0.29, 0.717) is 17.1 Å². The van der Waals surface area contributed by atoms with Crippen molar-refractivity contribution in [3.05, 3.63) is 77.6 Å². The summed E-state index contributed by atoms with van der Waals surface area (Å²) in [6.07, 6.45) is 2.73. The molecule has 2 heterocycles. The summed E-state index contributed by atoms with van der Waals surface area (Å²) in [5, 5.41) is 6.22. The average Bonchev–Trinajstić information content (AvgIpc) is 2.78. The van der Waals surface area contributed by atoms with Gasteiger partial charge in [0, 0.05) is 29.5 Å². The smallest absolute Gasteiger partial charge is 0.264 e. The maximum Gasteiger partial charge on any atom is 0.264 e. The number of hydrogen-bond acceptors (Lipinski definition) is 6. The Labute approximate surface area is 203 Å². The van der Waals surface area contributed by atoms with Gasteiger partial charge >= 0.3 is 0 Å². The second-order valence-electron chi connectivity index (χ2n) is 8.51. The molecule has 3 aromatic rings. The number of amides is 1. The molecule has 11 heteroatoms. The van der Waals surface area contributed by atoms with E-state index in [4.69, 9.17) is 11.6 Å². The van der Waals surface area contributed by atoms with Crippen LogP contribution in [0, 0.1) is 5.41 Å². The quantitative estimate of drug-likeness (QED) is 0.344. The van der Waals surface area contributed by atoms with Crippen LogP contribution in [0.5, 0.6) is 0 Å². The first kappa shape index (κ1) is 25.1. The van der Waals surface area contributed by atoms with Crippen molar-refractivity contribution in [1.82, 2.24) is 15.3 Å². The van der Waals surface area contributed by atoms with Gasteiger partial charge in [-0.15, -0.1) is 0 Å². The highest BCUT2D eigenvalue weighted by molar-refractivity contribution is 7.92. The van der Waals surface area contributed by atoms with Gasteiger partial charge in [-0.05, 0) is 53.9 Å². The lowest BCUT2D eigenvalue weighted by atomic mass is 9.97. The lowest BCUT2D eigenvalue weighted by Crippen LogP contribution is -2.37. The van der Waals surface area contributed by atoms with E-state index in [0.717, 1.165) is 0 Å². The molecule has 3 N–H and O–H groups in total. The summed E-state index contributed by atoms with van der Waals surface area (Å²) in [7, 11) is -3.86. The molecule has 0 radical (unpaired) electrons. The summed E-state index contributed by atoms with van der Waals surface area (Å²) >= 11 is 5.90. The molecule has 0 saturated carbocycles. The van der Waals surface area contributed by atoms with Gasteiger partial charge in [0.2, 0.25) is 5.96 Å². The monoisotopic (exact) mass is 500 g/mol. The Morgan fingerprint density at radius 2 is 1.74 bits per heavy atom. The Kier molecular flexibility index (Phi) is 7.85. The molecule has 0 atom stereocenters. The molecule has 9 nitrogen and oxygen atoms in total. The van der Waals surface area contributed by atoms with Gasteiger partial charge in [-0.25, -0.2) is 13.4 Å². The number of aliphatic imine (C=N–C) groups is 1. The van der Waals surface area contributed by atoms with Gasteiger partial charge in [-0.3, -0.25) is 24.8 Å². The van der Waals surface area contributed by atoms with E-state index < -0.39 is 10.0 Å². The molecule has 0 aliphatic heterocycles. The van der Waals surface area contributed by atoms with E-state index >= 15 is 0 Å². The predicted molar refractivity (Wildman–Crippen MR) is 134 cm³/mol. The number of carbonyl (C=O) groups is 1. The maximum absolute atomic E-state index is 12.7. The number of pyridine rings is 2. The fourth-order valence-electron chi connectivity index (χ4n) is 2.59. The van der Waals surface area contributed by atoms with Crippen LogP contribution in [-0.2, 0) is 10.0 Å². The third-order valence-corrected chi connectivity index (χ3v) is 5.82. The van der Waals surface area contributed by atoms with Crippen molar-refractivity contribution in [1.29, 1.82) is 0 Å². The number of nitrogens with zero attached hydrogens (tertiary/aromatic N) is 3. The number of aromatic nitrogens is 2. The summed E-state index contributed by atoms with van der Waals surface area (Å²) in [5.74, 6) is 0.170. The van der Waals surface area contributed by atoms with Crippen LogP contribution in [0.4, 0.5) is 11.6 Å². The molecular weight excluding hydrogens is 476 g/mol. The number of nitrogens with one attached hydrogen (secondary N) is 3. The Hall–Kier alpha value is -3.50. The molecule has 0 saturated heterocycles. The normalized spacial score (nSPS) is 12.2. The van der Waals surface area contributed by atoms with Crippen molar-refractivity contribution in [3.63, 3.8) is 0 Å². The van der Waals surface area contributed by atoms with Gasteiger partial charge in [-0.2, -0.15) is 0 Å². The molecule has 178 valence electrons. The number of rotatable bonds is 6. The Balaban J connectivity index is 1.80. The summed E-state index contributed by atoms with van der Waals surface area (Å²) in [5.41, 5.74) is 0.271. The third-order valence-electron chi connectivity index (χ3n) is 4.23. The summed E-state index contributed by atoms with van der Waals surface area (Å²) in [4.78, 5) is 25.3. The molecule has 0 fully saturated rings. The van der Waals surface area contributed by atoms with Crippen molar-refractivity contribution < 1.29 is 13.2 Å². The molecule has 0 unspecified atom stereocenters. The van der Waals surface area contributed by atoms with Crippen LogP contribution in [0.3, 0.4) is 0 Å². The second kappa shape index (κ2) is 10.6. The molecule has 1 aromatic carbocycles. The van der Waals surface area contributed by atoms with Crippen LogP contribution in [-0.4, -0.2) is 36.8 Å². The maximum atomic E-state index is 12.7. The van der Waals surface area contributed by atoms with Crippen LogP contribution < -0.4 is 15.4 Å². The van der Waals surface area contributed by atoms with Crippen molar-refractivity contribution in [3.8, 4) is 0 Å². The molecule has 0 spiro atoms. The largest absolute Gasteiger partial charge is 0.311 e. The highest BCUT2D eigenvalue weighted by Crippen LogP contribution is 2.16. The first-order valence-corrected chi connectivity index (χ1v) is 12.2. The lowest BCUT2D eigenvalue weighted by Gasteiger charge is -2.17. The van der Waals surface area contributed by atoms with E-state index in [9.17, 15) is 13.2 Å². The van der Waals surface area contributed by atoms with Crippen LogP contribution in [0.2, 0.25) is 5.02 Å². The summed E-state index contributed by atoms with van der Waals surface area (Å²) in [6.45, 7) is 6.47. The highest BCUT2D eigenvalue weighted by atomic mass is 35.5. The highest BCUT2D eigenvalue weighted by Gasteiger charge is 2.16. The second-order valence-corrected chi connectivity index (χ2v) is 10.6. The molecule has 0 aliphatic rings. The number of hydrogen-bond donors (Lipinski definition) is 3. The minimum atomic E-state index is -3.86. The average molecular weight is 501 g/mol. The standard InChI is InChI=1S/C23H25ClN6O3S/c1-23(2,3)15-26-22(29-21(31)16-9-11-17(24)12-10-16)28-19-7-4-8-20(27-19)30-34(32,33)18-6-5-13-25-14-18/h4-14H,15H2,1-3H3,(H3,26,27,28,29,30,31). The summed E-state index contributed by atoms with van der Waals surface area (Å²) < 4.78 is 27.6. The molecule has 3 rings (SSSR count). The van der Waals surface area contributed by atoms with E-state index in [2.05, 4.69) is 30.3 Å². The Bertz CT molecular complexity index is 1270. The van der Waals surface area contributed by atoms with Crippen molar-refractivity contribution in [2.45, 2.75) is 25.7 Å². The van der Waals surface area contributed by atoms with E-state index in [1.54, 1.807) is 36.4 Å². The van der Waals surface area contributed by atoms with Gasteiger partial charge in [0.05, 0.1) is 0 Å². The number of anilines is 2. The molecule has 0 aliphatic carbocycles. The molecule has 2 aromatic heterocycles. The number of carbonyl (C=O) groups excluding carboxylic acids is 1. The third kappa shape index (κ3) is 7.53. The lowest BCUT2D eigenvalue weighted by molar-refractivity contribution is 0.0976. The van der Waals surface area contributed by atoms with Crippen LogP contribution >= 0.6 is 11.6 Å². The number of halogens is 1. The van der Waals surface area contributed by atoms with E-state index in [1.807, 2.05) is 20.8 Å². The summed E-state index contributed by atoms with van der Waals surface area (Å²) in [6, 6.07) is 14.2. The topological polar surface area (TPSA) is 125 Å². The zero-order valence-electron chi connectivity index (χ0n) is 18.9. The fraction of sp³-hybridized carbons (Fsp3) is 0.217. The zero-order valence-corrected chi connectivity index (χ0v) is 20.5. The number of benzene rings is 1. The van der Waals surface area contributed by atoms with E-state index in [-0.39, 0.29) is 33.8 Å². The number of sulfonamides is 1. The number of guanidine groups is 1. The van der Waals surface area contributed by atoms with Crippen molar-refractivity contribution in [2.75, 3.05) is 16.6 Å². The van der Waals surface area contributed by atoms with Gasteiger partial charge in [0.1, 0.15) is 16.5 Å². The molecule has 34 heavy (non-hydrogen) atoms.